The largest absolute Gasteiger partial charge is 0.443 e. The fourth-order valence-corrected chi connectivity index (χ4v) is 2.28. The molecule has 2 rings (SSSR count). The monoisotopic (exact) mass is 326 g/mol. The van der Waals surface area contributed by atoms with Gasteiger partial charge in [0.1, 0.15) is 11.4 Å². The molecule has 0 bridgehead atoms. The third-order valence-corrected chi connectivity index (χ3v) is 3.29. The average Bonchev–Trinajstić information content (AvgIpc) is 2.39. The lowest BCUT2D eigenvalue weighted by Gasteiger charge is -2.39. The quantitative estimate of drug-likeness (QED) is 0.736. The van der Waals surface area contributed by atoms with Crippen molar-refractivity contribution in [3.05, 3.63) is 17.5 Å². The molecular weight excluding hydrogens is 308 g/mol. The number of halogens is 1. The molecule has 8 heteroatoms. The summed E-state index contributed by atoms with van der Waals surface area (Å²) < 4.78 is 5.26. The van der Waals surface area contributed by atoms with Crippen LogP contribution in [0.1, 0.15) is 27.7 Å². The summed E-state index contributed by atoms with van der Waals surface area (Å²) in [7, 11) is 0. The highest BCUT2D eigenvalue weighted by molar-refractivity contribution is 6.28. The summed E-state index contributed by atoms with van der Waals surface area (Å²) in [6.45, 7) is 7.46. The highest BCUT2D eigenvalue weighted by Gasteiger charge is 2.36. The second-order valence-electron chi connectivity index (χ2n) is 6.15. The van der Waals surface area contributed by atoms with Gasteiger partial charge >= 0.3 is 6.09 Å². The number of carbonyl (C=O) groups excluding carboxylic acids is 2. The summed E-state index contributed by atoms with van der Waals surface area (Å²) in [5, 5.41) is 0.117. The van der Waals surface area contributed by atoms with Crippen molar-refractivity contribution in [2.24, 2.45) is 0 Å². The number of rotatable bonds is 1. The topological polar surface area (TPSA) is 75.6 Å². The smallest absolute Gasteiger partial charge is 0.417 e. The molecule has 1 fully saturated rings. The molecule has 0 saturated carbocycles. The summed E-state index contributed by atoms with van der Waals surface area (Å²) in [4.78, 5) is 35.2. The normalized spacial score (nSPS) is 19.3. The minimum absolute atomic E-state index is 0.0355. The number of hydrogen-bond acceptors (Lipinski definition) is 6. The van der Waals surface area contributed by atoms with Gasteiger partial charge in [0.25, 0.3) is 5.91 Å². The number of aromatic nitrogens is 2. The van der Waals surface area contributed by atoms with E-state index < -0.39 is 11.7 Å². The van der Waals surface area contributed by atoms with Gasteiger partial charge in [-0.25, -0.2) is 19.7 Å². The fourth-order valence-electron chi connectivity index (χ4n) is 2.14. The molecule has 1 aliphatic heterocycles. The number of ether oxygens (including phenoxy) is 1. The second-order valence-corrected chi connectivity index (χ2v) is 6.48. The molecule has 2 amide bonds. The van der Waals surface area contributed by atoms with Crippen molar-refractivity contribution in [2.45, 2.75) is 39.3 Å². The first-order chi connectivity index (χ1) is 10.2. The third-order valence-electron chi connectivity index (χ3n) is 3.11. The lowest BCUT2D eigenvalue weighted by molar-refractivity contribution is -0.130. The van der Waals surface area contributed by atoms with Crippen LogP contribution in [0, 0.1) is 0 Å². The number of nitrogens with zero attached hydrogens (tertiary/aromatic N) is 4. The highest BCUT2D eigenvalue weighted by atomic mass is 35.5. The van der Waals surface area contributed by atoms with Crippen molar-refractivity contribution in [1.29, 1.82) is 0 Å². The average molecular weight is 327 g/mol. The van der Waals surface area contributed by atoms with Gasteiger partial charge in [0, 0.05) is 12.2 Å². The number of imide groups is 1. The Morgan fingerprint density at radius 3 is 2.73 bits per heavy atom. The van der Waals surface area contributed by atoms with Gasteiger partial charge < -0.3 is 9.64 Å². The minimum atomic E-state index is -0.641. The summed E-state index contributed by atoms with van der Waals surface area (Å²) in [5.74, 6) is 0.228. The summed E-state index contributed by atoms with van der Waals surface area (Å²) >= 11 is 5.78. The van der Waals surface area contributed by atoms with E-state index in [2.05, 4.69) is 9.97 Å². The molecule has 1 aliphatic rings. The number of anilines is 1. The summed E-state index contributed by atoms with van der Waals surface area (Å²) in [5.41, 5.74) is -0.641. The van der Waals surface area contributed by atoms with Gasteiger partial charge in [-0.3, -0.25) is 4.79 Å². The fraction of sp³-hybridized carbons (Fsp3) is 0.571. The molecule has 0 aliphatic carbocycles. The summed E-state index contributed by atoms with van der Waals surface area (Å²) in [6.07, 6.45) is 0.909. The third kappa shape index (κ3) is 3.85. The standard InChI is InChI=1S/C14H19ClN4O3/c1-9-7-19(13(21)22-14(2,3)4)11(20)8-18(9)10-5-6-16-12(15)17-10/h5-6,9H,7-8H2,1-4H3/t9-/m0/s1. The van der Waals surface area contributed by atoms with E-state index in [-0.39, 0.29) is 30.3 Å². The van der Waals surface area contributed by atoms with E-state index in [9.17, 15) is 9.59 Å². The Morgan fingerprint density at radius 2 is 2.14 bits per heavy atom. The van der Waals surface area contributed by atoms with Gasteiger partial charge in [-0.05, 0) is 45.4 Å². The van der Waals surface area contributed by atoms with Crippen molar-refractivity contribution in [3.63, 3.8) is 0 Å². The SMILES string of the molecule is C[C@H]1CN(C(=O)OC(C)(C)C)C(=O)CN1c1ccnc(Cl)n1. The molecule has 1 atom stereocenters. The van der Waals surface area contributed by atoms with Gasteiger partial charge in [0.15, 0.2) is 0 Å². The molecule has 1 saturated heterocycles. The Bertz CT molecular complexity index is 588. The van der Waals surface area contributed by atoms with Crippen molar-refractivity contribution in [3.8, 4) is 0 Å². The van der Waals surface area contributed by atoms with Crippen LogP contribution in [-0.4, -0.2) is 51.6 Å². The van der Waals surface area contributed by atoms with Crippen LogP contribution in [0.2, 0.25) is 5.28 Å². The first-order valence-electron chi connectivity index (χ1n) is 6.96. The Balaban J connectivity index is 2.12. The number of piperazine rings is 1. The summed E-state index contributed by atoms with van der Waals surface area (Å²) in [6, 6.07) is 1.58. The highest BCUT2D eigenvalue weighted by Crippen LogP contribution is 2.21. The van der Waals surface area contributed by atoms with Crippen LogP contribution >= 0.6 is 11.6 Å². The molecule has 0 unspecified atom stereocenters. The molecule has 0 radical (unpaired) electrons. The van der Waals surface area contributed by atoms with E-state index in [1.165, 1.54) is 6.20 Å². The number of carbonyl (C=O) groups is 2. The van der Waals surface area contributed by atoms with E-state index in [0.717, 1.165) is 4.90 Å². The van der Waals surface area contributed by atoms with Crippen molar-refractivity contribution in [1.82, 2.24) is 14.9 Å². The molecule has 7 nitrogen and oxygen atoms in total. The zero-order valence-corrected chi connectivity index (χ0v) is 13.8. The van der Waals surface area contributed by atoms with Crippen molar-refractivity contribution >= 4 is 29.4 Å². The maximum atomic E-state index is 12.2. The van der Waals surface area contributed by atoms with Crippen LogP contribution in [0.4, 0.5) is 10.6 Å². The molecule has 1 aromatic heterocycles. The van der Waals surface area contributed by atoms with E-state index in [4.69, 9.17) is 16.3 Å². The maximum Gasteiger partial charge on any atom is 0.417 e. The zero-order valence-electron chi connectivity index (χ0n) is 13.0. The lowest BCUT2D eigenvalue weighted by Crippen LogP contribution is -2.58. The van der Waals surface area contributed by atoms with Gasteiger partial charge in [-0.2, -0.15) is 0 Å². The van der Waals surface area contributed by atoms with Crippen molar-refractivity contribution in [2.75, 3.05) is 18.0 Å². The van der Waals surface area contributed by atoms with Gasteiger partial charge in [0.2, 0.25) is 5.28 Å². The molecule has 120 valence electrons. The Kier molecular flexibility index (Phi) is 4.55. The Labute approximate surface area is 134 Å². The first-order valence-corrected chi connectivity index (χ1v) is 7.34. The number of amides is 2. The molecule has 0 spiro atoms. The van der Waals surface area contributed by atoms with Crippen LogP contribution in [0.25, 0.3) is 0 Å². The van der Waals surface area contributed by atoms with Crippen molar-refractivity contribution < 1.29 is 14.3 Å². The van der Waals surface area contributed by atoms with Gasteiger partial charge in [-0.15, -0.1) is 0 Å². The van der Waals surface area contributed by atoms with Crippen LogP contribution < -0.4 is 4.90 Å². The van der Waals surface area contributed by atoms with Crippen LogP contribution in [0.3, 0.4) is 0 Å². The molecule has 2 heterocycles. The lowest BCUT2D eigenvalue weighted by atomic mass is 10.2. The van der Waals surface area contributed by atoms with Gasteiger partial charge in [0.05, 0.1) is 13.1 Å². The Hall–Kier alpha value is -1.89. The second kappa shape index (κ2) is 6.08. The predicted molar refractivity (Wildman–Crippen MR) is 81.8 cm³/mol. The first kappa shape index (κ1) is 16.5. The molecular formula is C14H19ClN4O3. The Morgan fingerprint density at radius 1 is 1.45 bits per heavy atom. The van der Waals surface area contributed by atoms with Gasteiger partial charge in [-0.1, -0.05) is 0 Å². The van der Waals surface area contributed by atoms with Crippen LogP contribution in [0.15, 0.2) is 12.3 Å². The van der Waals surface area contributed by atoms with E-state index >= 15 is 0 Å². The zero-order chi connectivity index (χ0) is 16.5. The minimum Gasteiger partial charge on any atom is -0.443 e. The van der Waals surface area contributed by atoms with Crippen LogP contribution in [0.5, 0.6) is 0 Å². The van der Waals surface area contributed by atoms with E-state index in [1.54, 1.807) is 31.7 Å². The van der Waals surface area contributed by atoms with Crippen LogP contribution in [-0.2, 0) is 9.53 Å². The van der Waals surface area contributed by atoms with E-state index in [0.29, 0.717) is 5.82 Å². The van der Waals surface area contributed by atoms with E-state index in [1.807, 2.05) is 6.92 Å². The molecule has 0 aromatic carbocycles. The predicted octanol–water partition coefficient (Wildman–Crippen LogP) is 2.10. The molecule has 1 aromatic rings. The molecule has 22 heavy (non-hydrogen) atoms. The number of hydrogen-bond donors (Lipinski definition) is 0. The maximum absolute atomic E-state index is 12.2. The molecule has 0 N–H and O–H groups in total.